The number of aliphatic hydroxyl groups is 1. The van der Waals surface area contributed by atoms with Gasteiger partial charge in [-0.05, 0) is 63.5 Å². The van der Waals surface area contributed by atoms with Gasteiger partial charge in [-0.2, -0.15) is 0 Å². The molecule has 1 aliphatic heterocycles. The number of pyridine rings is 1. The van der Waals surface area contributed by atoms with Crippen molar-refractivity contribution in [1.82, 2.24) is 20.3 Å². The molecule has 152 valence electrons. The smallest absolute Gasteiger partial charge is 0.223 e. The third-order valence-corrected chi connectivity index (χ3v) is 5.15. The lowest BCUT2D eigenvalue weighted by atomic mass is 9.93. The SMILES string of the molecule is CC(C)(O)c1ccnc2c(F)cc(-c3nc(NC4CCNCC4)ncc3F)cc12. The Morgan fingerprint density at radius 2 is 1.90 bits per heavy atom. The van der Waals surface area contributed by atoms with Crippen LogP contribution < -0.4 is 10.6 Å². The quantitative estimate of drug-likeness (QED) is 0.624. The molecule has 6 nitrogen and oxygen atoms in total. The van der Waals surface area contributed by atoms with E-state index in [9.17, 15) is 13.9 Å². The van der Waals surface area contributed by atoms with E-state index in [1.807, 2.05) is 0 Å². The first-order valence-electron chi connectivity index (χ1n) is 9.64. The first kappa shape index (κ1) is 19.6. The van der Waals surface area contributed by atoms with Crippen LogP contribution in [-0.4, -0.2) is 39.2 Å². The van der Waals surface area contributed by atoms with Gasteiger partial charge in [-0.25, -0.2) is 18.7 Å². The molecule has 3 aromatic rings. The minimum absolute atomic E-state index is 0.00258. The van der Waals surface area contributed by atoms with E-state index in [1.54, 1.807) is 26.0 Å². The van der Waals surface area contributed by atoms with Crippen LogP contribution in [0.5, 0.6) is 0 Å². The Morgan fingerprint density at radius 3 is 2.62 bits per heavy atom. The molecule has 0 unspecified atom stereocenters. The molecular weight excluding hydrogens is 376 g/mol. The number of aromatic nitrogens is 3. The van der Waals surface area contributed by atoms with E-state index in [2.05, 4.69) is 25.6 Å². The molecule has 3 heterocycles. The highest BCUT2D eigenvalue weighted by Gasteiger charge is 2.22. The largest absolute Gasteiger partial charge is 0.386 e. The maximum Gasteiger partial charge on any atom is 0.223 e. The van der Waals surface area contributed by atoms with Crippen LogP contribution in [0.25, 0.3) is 22.2 Å². The molecule has 1 aromatic carbocycles. The minimum Gasteiger partial charge on any atom is -0.386 e. The van der Waals surface area contributed by atoms with Crippen LogP contribution in [0.1, 0.15) is 32.3 Å². The van der Waals surface area contributed by atoms with Gasteiger partial charge in [0.1, 0.15) is 17.0 Å². The van der Waals surface area contributed by atoms with Crippen LogP contribution in [0.2, 0.25) is 0 Å². The number of nitrogens with one attached hydrogen (secondary N) is 2. The maximum absolute atomic E-state index is 14.8. The average Bonchev–Trinajstić information content (AvgIpc) is 2.69. The second-order valence-electron chi connectivity index (χ2n) is 7.83. The van der Waals surface area contributed by atoms with Crippen LogP contribution in [0.3, 0.4) is 0 Å². The molecule has 1 aliphatic rings. The minimum atomic E-state index is -1.21. The fourth-order valence-electron chi connectivity index (χ4n) is 3.67. The van der Waals surface area contributed by atoms with Crippen LogP contribution in [0, 0.1) is 11.6 Å². The van der Waals surface area contributed by atoms with Crippen molar-refractivity contribution in [2.24, 2.45) is 0 Å². The molecule has 0 spiro atoms. The topological polar surface area (TPSA) is 83.0 Å². The van der Waals surface area contributed by atoms with Gasteiger partial charge in [0.2, 0.25) is 5.95 Å². The summed E-state index contributed by atoms with van der Waals surface area (Å²) < 4.78 is 29.3. The standard InChI is InChI=1S/C21H23F2N5O/c1-21(2,29)15-5-8-25-19-14(15)9-12(10-16(19)22)18-17(23)11-26-20(28-18)27-13-3-6-24-7-4-13/h5,8-11,13,24,29H,3-4,6-7H2,1-2H3,(H,26,27,28). The Labute approximate surface area is 167 Å². The molecular formula is C21H23F2N5O. The van der Waals surface area contributed by atoms with Crippen molar-refractivity contribution in [3.05, 3.63) is 47.8 Å². The normalized spacial score (nSPS) is 15.6. The Morgan fingerprint density at radius 1 is 1.14 bits per heavy atom. The summed E-state index contributed by atoms with van der Waals surface area (Å²) in [4.78, 5) is 12.4. The Hall–Kier alpha value is -2.71. The molecule has 0 saturated carbocycles. The summed E-state index contributed by atoms with van der Waals surface area (Å²) >= 11 is 0. The van der Waals surface area contributed by atoms with E-state index in [0.29, 0.717) is 16.9 Å². The monoisotopic (exact) mass is 399 g/mol. The van der Waals surface area contributed by atoms with Crippen molar-refractivity contribution in [1.29, 1.82) is 0 Å². The number of rotatable bonds is 4. The van der Waals surface area contributed by atoms with Gasteiger partial charge in [0.25, 0.3) is 0 Å². The molecule has 0 radical (unpaired) electrons. The first-order chi connectivity index (χ1) is 13.8. The lowest BCUT2D eigenvalue weighted by Crippen LogP contribution is -2.35. The molecule has 0 aliphatic carbocycles. The highest BCUT2D eigenvalue weighted by molar-refractivity contribution is 5.88. The summed E-state index contributed by atoms with van der Waals surface area (Å²) in [5, 5.41) is 17.4. The number of fused-ring (bicyclic) bond motifs is 1. The zero-order valence-electron chi connectivity index (χ0n) is 16.3. The predicted octanol–water partition coefficient (Wildman–Crippen LogP) is 3.36. The lowest BCUT2D eigenvalue weighted by Gasteiger charge is -2.23. The third kappa shape index (κ3) is 4.04. The van der Waals surface area contributed by atoms with Gasteiger partial charge in [-0.3, -0.25) is 4.98 Å². The maximum atomic E-state index is 14.8. The molecule has 29 heavy (non-hydrogen) atoms. The van der Waals surface area contributed by atoms with Crippen molar-refractivity contribution in [3.63, 3.8) is 0 Å². The van der Waals surface area contributed by atoms with Crippen LogP contribution in [0.4, 0.5) is 14.7 Å². The summed E-state index contributed by atoms with van der Waals surface area (Å²) in [6.45, 7) is 5.01. The number of hydrogen-bond donors (Lipinski definition) is 3. The van der Waals surface area contributed by atoms with Crippen molar-refractivity contribution in [3.8, 4) is 11.3 Å². The van der Waals surface area contributed by atoms with Crippen molar-refractivity contribution in [2.75, 3.05) is 18.4 Å². The Balaban J connectivity index is 1.78. The molecule has 1 saturated heterocycles. The summed E-state index contributed by atoms with van der Waals surface area (Å²) in [5.74, 6) is -0.939. The second kappa shape index (κ2) is 7.61. The van der Waals surface area contributed by atoms with E-state index in [-0.39, 0.29) is 22.8 Å². The number of benzene rings is 1. The van der Waals surface area contributed by atoms with Crippen molar-refractivity contribution >= 4 is 16.9 Å². The lowest BCUT2D eigenvalue weighted by molar-refractivity contribution is 0.0801. The van der Waals surface area contributed by atoms with E-state index in [1.165, 1.54) is 12.3 Å². The van der Waals surface area contributed by atoms with Gasteiger partial charge in [0, 0.05) is 23.2 Å². The second-order valence-corrected chi connectivity index (χ2v) is 7.83. The fourth-order valence-corrected chi connectivity index (χ4v) is 3.67. The van der Waals surface area contributed by atoms with Gasteiger partial charge >= 0.3 is 0 Å². The van der Waals surface area contributed by atoms with E-state index >= 15 is 0 Å². The summed E-state index contributed by atoms with van der Waals surface area (Å²) in [6.07, 6.45) is 4.38. The molecule has 8 heteroatoms. The summed E-state index contributed by atoms with van der Waals surface area (Å²) in [6, 6.07) is 4.65. The Bertz CT molecular complexity index is 1050. The van der Waals surface area contributed by atoms with E-state index in [4.69, 9.17) is 0 Å². The molecule has 1 fully saturated rings. The number of hydrogen-bond acceptors (Lipinski definition) is 6. The zero-order chi connectivity index (χ0) is 20.6. The van der Waals surface area contributed by atoms with Gasteiger partial charge < -0.3 is 15.7 Å². The van der Waals surface area contributed by atoms with E-state index < -0.39 is 17.2 Å². The fraction of sp³-hybridized carbons (Fsp3) is 0.381. The molecule has 3 N–H and O–H groups in total. The molecule has 2 aromatic heterocycles. The van der Waals surface area contributed by atoms with Gasteiger partial charge in [0.05, 0.1) is 11.8 Å². The highest BCUT2D eigenvalue weighted by Crippen LogP contribution is 2.33. The Kier molecular flexibility index (Phi) is 5.14. The third-order valence-electron chi connectivity index (χ3n) is 5.15. The van der Waals surface area contributed by atoms with E-state index in [0.717, 1.165) is 32.1 Å². The molecule has 0 atom stereocenters. The summed E-state index contributed by atoms with van der Waals surface area (Å²) in [5.41, 5.74) is -0.315. The van der Waals surface area contributed by atoms with Crippen LogP contribution in [-0.2, 0) is 5.60 Å². The summed E-state index contributed by atoms with van der Waals surface area (Å²) in [7, 11) is 0. The van der Waals surface area contributed by atoms with Crippen molar-refractivity contribution < 1.29 is 13.9 Å². The number of nitrogens with zero attached hydrogens (tertiary/aromatic N) is 3. The van der Waals surface area contributed by atoms with Crippen molar-refractivity contribution in [2.45, 2.75) is 38.3 Å². The van der Waals surface area contributed by atoms with Crippen LogP contribution in [0.15, 0.2) is 30.6 Å². The molecule has 4 rings (SSSR count). The molecule has 0 amide bonds. The predicted molar refractivity (Wildman–Crippen MR) is 107 cm³/mol. The average molecular weight is 399 g/mol. The van der Waals surface area contributed by atoms with Crippen LogP contribution >= 0.6 is 0 Å². The first-order valence-corrected chi connectivity index (χ1v) is 9.64. The van der Waals surface area contributed by atoms with Gasteiger partial charge in [0.15, 0.2) is 5.82 Å². The molecule has 0 bridgehead atoms. The number of anilines is 1. The van der Waals surface area contributed by atoms with Gasteiger partial charge in [-0.1, -0.05) is 0 Å². The zero-order valence-corrected chi connectivity index (χ0v) is 16.3. The highest BCUT2D eigenvalue weighted by atomic mass is 19.1. The number of piperidine rings is 1. The number of halogens is 2. The van der Waals surface area contributed by atoms with Gasteiger partial charge in [-0.15, -0.1) is 0 Å².